The van der Waals surface area contributed by atoms with E-state index in [2.05, 4.69) is 47.7 Å². The highest BCUT2D eigenvalue weighted by molar-refractivity contribution is 5.87. The van der Waals surface area contributed by atoms with Crippen molar-refractivity contribution in [3.63, 3.8) is 0 Å². The first-order chi connectivity index (χ1) is 13.5. The van der Waals surface area contributed by atoms with Crippen molar-refractivity contribution in [3.8, 4) is 0 Å². The van der Waals surface area contributed by atoms with E-state index in [9.17, 15) is 9.18 Å². The van der Waals surface area contributed by atoms with Crippen molar-refractivity contribution in [1.82, 2.24) is 4.90 Å². The smallest absolute Gasteiger partial charge is 0.330 e. The Morgan fingerprint density at radius 3 is 2.86 bits per heavy atom. The highest BCUT2D eigenvalue weighted by Gasteiger charge is 2.29. The van der Waals surface area contributed by atoms with Crippen LogP contribution in [-0.2, 0) is 22.4 Å². The van der Waals surface area contributed by atoms with Gasteiger partial charge in [0.05, 0.1) is 7.11 Å². The van der Waals surface area contributed by atoms with E-state index in [1.807, 2.05) is 6.07 Å². The summed E-state index contributed by atoms with van der Waals surface area (Å²) in [6.45, 7) is 6.17. The fourth-order valence-electron chi connectivity index (χ4n) is 4.07. The van der Waals surface area contributed by atoms with Gasteiger partial charge >= 0.3 is 5.97 Å². The van der Waals surface area contributed by atoms with Gasteiger partial charge in [0.1, 0.15) is 5.82 Å². The van der Waals surface area contributed by atoms with Gasteiger partial charge < -0.3 is 4.74 Å². The molecule has 2 aromatic rings. The number of methoxy groups -OCH3 is 1. The molecule has 0 radical (unpaired) electrons. The third-order valence-corrected chi connectivity index (χ3v) is 5.55. The minimum atomic E-state index is -0.480. The summed E-state index contributed by atoms with van der Waals surface area (Å²) in [7, 11) is 1.31. The summed E-state index contributed by atoms with van der Waals surface area (Å²) in [6.07, 6.45) is 5.40. The number of hydrogen-bond acceptors (Lipinski definition) is 3. The average Bonchev–Trinajstić information content (AvgIpc) is 3.12. The number of halogens is 1. The molecule has 0 bridgehead atoms. The third-order valence-electron chi connectivity index (χ3n) is 5.55. The van der Waals surface area contributed by atoms with Crippen LogP contribution in [0.1, 0.15) is 47.2 Å². The molecule has 28 heavy (non-hydrogen) atoms. The number of likely N-dealkylation sites (N-methyl/N-ethyl adjacent to an activating group) is 1. The number of ether oxygens (including phenoxy) is 1. The van der Waals surface area contributed by atoms with Gasteiger partial charge in [-0.3, -0.25) is 4.90 Å². The van der Waals surface area contributed by atoms with Gasteiger partial charge in [-0.25, -0.2) is 9.18 Å². The largest absolute Gasteiger partial charge is 0.466 e. The molecule has 1 unspecified atom stereocenters. The Labute approximate surface area is 166 Å². The fourth-order valence-corrected chi connectivity index (χ4v) is 4.07. The first-order valence-electron chi connectivity index (χ1n) is 9.90. The quantitative estimate of drug-likeness (QED) is 0.506. The Morgan fingerprint density at radius 2 is 2.14 bits per heavy atom. The Balaban J connectivity index is 1.75. The molecule has 1 atom stereocenters. The molecule has 0 N–H and O–H groups in total. The Bertz CT molecular complexity index is 875. The van der Waals surface area contributed by atoms with Crippen LogP contribution in [0.4, 0.5) is 4.39 Å². The van der Waals surface area contributed by atoms with E-state index in [-0.39, 0.29) is 11.9 Å². The molecule has 1 aliphatic rings. The summed E-state index contributed by atoms with van der Waals surface area (Å²) in [6, 6.07) is 12.6. The van der Waals surface area contributed by atoms with Crippen molar-refractivity contribution < 1.29 is 13.9 Å². The van der Waals surface area contributed by atoms with Gasteiger partial charge in [-0.1, -0.05) is 48.9 Å². The molecule has 3 rings (SSSR count). The van der Waals surface area contributed by atoms with E-state index in [0.717, 1.165) is 43.5 Å². The number of esters is 1. The zero-order valence-corrected chi connectivity index (χ0v) is 16.9. The maximum Gasteiger partial charge on any atom is 0.330 e. The lowest BCUT2D eigenvalue weighted by Crippen LogP contribution is -2.29. The predicted octanol–water partition coefficient (Wildman–Crippen LogP) is 4.87. The number of rotatable bonds is 7. The van der Waals surface area contributed by atoms with Gasteiger partial charge in [0, 0.05) is 24.2 Å². The van der Waals surface area contributed by atoms with Gasteiger partial charge in [-0.2, -0.15) is 0 Å². The van der Waals surface area contributed by atoms with Crippen LogP contribution in [-0.4, -0.2) is 31.1 Å². The standard InChI is InChI=1S/C24H28FNO2/c1-4-26(15-14-18-7-5-6-17(2)16-18)22-12-11-21-20(22)10-8-19(24(21)25)9-13-23(27)28-3/h5-10,13,16,22H,4,11-12,14-15H2,1-3H3/b13-9+. The van der Waals surface area contributed by atoms with Crippen molar-refractivity contribution in [2.75, 3.05) is 20.2 Å². The minimum Gasteiger partial charge on any atom is -0.466 e. The van der Waals surface area contributed by atoms with E-state index < -0.39 is 5.97 Å². The highest BCUT2D eigenvalue weighted by atomic mass is 19.1. The molecule has 1 aliphatic carbocycles. The van der Waals surface area contributed by atoms with Crippen LogP contribution in [0, 0.1) is 12.7 Å². The number of carbonyl (C=O) groups is 1. The topological polar surface area (TPSA) is 29.5 Å². The molecule has 0 saturated heterocycles. The molecule has 3 nitrogen and oxygen atoms in total. The number of aryl methyl sites for hydroxylation is 1. The van der Waals surface area contributed by atoms with Crippen molar-refractivity contribution in [2.45, 2.75) is 39.2 Å². The molecule has 0 fully saturated rings. The number of benzene rings is 2. The predicted molar refractivity (Wildman–Crippen MR) is 111 cm³/mol. The van der Waals surface area contributed by atoms with E-state index >= 15 is 0 Å². The van der Waals surface area contributed by atoms with Crippen LogP contribution in [0.3, 0.4) is 0 Å². The van der Waals surface area contributed by atoms with Crippen molar-refractivity contribution in [3.05, 3.63) is 76.1 Å². The molecule has 0 saturated carbocycles. The van der Waals surface area contributed by atoms with Crippen LogP contribution < -0.4 is 0 Å². The molecule has 0 spiro atoms. The number of nitrogens with zero attached hydrogens (tertiary/aromatic N) is 1. The summed E-state index contributed by atoms with van der Waals surface area (Å²) in [5.74, 6) is -0.694. The van der Waals surface area contributed by atoms with Crippen LogP contribution in [0.15, 0.2) is 42.5 Å². The molecule has 0 aromatic heterocycles. The lowest BCUT2D eigenvalue weighted by Gasteiger charge is -2.28. The number of hydrogen-bond donors (Lipinski definition) is 0. The zero-order valence-electron chi connectivity index (χ0n) is 16.9. The summed E-state index contributed by atoms with van der Waals surface area (Å²) in [4.78, 5) is 13.7. The second kappa shape index (κ2) is 9.16. The number of fused-ring (bicyclic) bond motifs is 1. The van der Waals surface area contributed by atoms with Gasteiger partial charge in [-0.05, 0) is 55.5 Å². The van der Waals surface area contributed by atoms with Crippen LogP contribution in [0.25, 0.3) is 6.08 Å². The van der Waals surface area contributed by atoms with Crippen LogP contribution in [0.5, 0.6) is 0 Å². The summed E-state index contributed by atoms with van der Waals surface area (Å²) >= 11 is 0. The maximum absolute atomic E-state index is 14.9. The molecule has 0 amide bonds. The lowest BCUT2D eigenvalue weighted by atomic mass is 10.0. The molecule has 0 heterocycles. The van der Waals surface area contributed by atoms with Crippen LogP contribution >= 0.6 is 0 Å². The summed E-state index contributed by atoms with van der Waals surface area (Å²) in [5.41, 5.74) is 4.92. The van der Waals surface area contributed by atoms with Gasteiger partial charge in [0.15, 0.2) is 0 Å². The number of carbonyl (C=O) groups excluding carboxylic acids is 1. The minimum absolute atomic E-state index is 0.213. The van der Waals surface area contributed by atoms with Gasteiger partial charge in [-0.15, -0.1) is 0 Å². The van der Waals surface area contributed by atoms with Crippen molar-refractivity contribution in [1.29, 1.82) is 0 Å². The summed E-state index contributed by atoms with van der Waals surface area (Å²) in [5, 5.41) is 0. The molecule has 2 aromatic carbocycles. The van der Waals surface area contributed by atoms with Gasteiger partial charge in [0.2, 0.25) is 0 Å². The van der Waals surface area contributed by atoms with E-state index in [0.29, 0.717) is 5.56 Å². The Kier molecular flexibility index (Phi) is 6.63. The molecule has 148 valence electrons. The Hall–Kier alpha value is -2.46. The van der Waals surface area contributed by atoms with Crippen molar-refractivity contribution in [2.24, 2.45) is 0 Å². The molecular formula is C24H28FNO2. The zero-order chi connectivity index (χ0) is 20.1. The normalized spacial score (nSPS) is 16.0. The maximum atomic E-state index is 14.9. The Morgan fingerprint density at radius 1 is 1.32 bits per heavy atom. The van der Waals surface area contributed by atoms with Gasteiger partial charge in [0.25, 0.3) is 0 Å². The molecule has 0 aliphatic heterocycles. The first kappa shape index (κ1) is 20.3. The summed E-state index contributed by atoms with van der Waals surface area (Å²) < 4.78 is 19.5. The monoisotopic (exact) mass is 381 g/mol. The highest BCUT2D eigenvalue weighted by Crippen LogP contribution is 2.38. The van der Waals surface area contributed by atoms with Crippen LogP contribution in [0.2, 0.25) is 0 Å². The SMILES string of the molecule is CCN(CCc1cccc(C)c1)C1CCc2c1ccc(/C=C/C(=O)OC)c2F. The second-order valence-electron chi connectivity index (χ2n) is 7.32. The van der Waals surface area contributed by atoms with E-state index in [4.69, 9.17) is 0 Å². The molecule has 4 heteroatoms. The second-order valence-corrected chi connectivity index (χ2v) is 7.32. The van der Waals surface area contributed by atoms with E-state index in [1.165, 1.54) is 30.4 Å². The first-order valence-corrected chi connectivity index (χ1v) is 9.90. The van der Waals surface area contributed by atoms with Crippen molar-refractivity contribution >= 4 is 12.0 Å². The average molecular weight is 381 g/mol. The third kappa shape index (κ3) is 4.50. The lowest BCUT2D eigenvalue weighted by molar-refractivity contribution is -0.134. The fraction of sp³-hybridized carbons (Fsp3) is 0.375. The molecular weight excluding hydrogens is 353 g/mol. The van der Waals surface area contributed by atoms with E-state index in [1.54, 1.807) is 6.07 Å².